The van der Waals surface area contributed by atoms with Crippen molar-refractivity contribution < 1.29 is 14.3 Å². The lowest BCUT2D eigenvalue weighted by Crippen LogP contribution is -2.00. The van der Waals surface area contributed by atoms with Crippen molar-refractivity contribution in [1.82, 2.24) is 0 Å². The van der Waals surface area contributed by atoms with Gasteiger partial charge in [0.25, 0.3) is 0 Å². The third-order valence-electron chi connectivity index (χ3n) is 1.04. The molecule has 0 amide bonds. The minimum Gasteiger partial charge on any atom is -0.463 e. The van der Waals surface area contributed by atoms with Gasteiger partial charge in [0.1, 0.15) is 0 Å². The van der Waals surface area contributed by atoms with E-state index in [1.54, 1.807) is 13.8 Å². The minimum absolute atomic E-state index is 0.0712. The SMILES string of the molecule is CCOC(=O)C=CC(=O)CC. The summed E-state index contributed by atoms with van der Waals surface area (Å²) in [6.07, 6.45) is 2.79. The maximum absolute atomic E-state index is 10.6. The molecule has 0 radical (unpaired) electrons. The molecule has 0 spiro atoms. The monoisotopic (exact) mass is 156 g/mol. The maximum atomic E-state index is 10.6. The fourth-order valence-corrected chi connectivity index (χ4v) is 0.469. The summed E-state index contributed by atoms with van der Waals surface area (Å²) in [7, 11) is 0. The lowest BCUT2D eigenvalue weighted by molar-refractivity contribution is -0.137. The van der Waals surface area contributed by atoms with E-state index in [2.05, 4.69) is 4.74 Å². The number of ketones is 1. The summed E-state index contributed by atoms with van der Waals surface area (Å²) in [6, 6.07) is 0. The Labute approximate surface area is 66.0 Å². The number of allylic oxidation sites excluding steroid dienone is 1. The van der Waals surface area contributed by atoms with E-state index in [4.69, 9.17) is 0 Å². The Morgan fingerprint density at radius 3 is 2.36 bits per heavy atom. The van der Waals surface area contributed by atoms with Gasteiger partial charge in [0.15, 0.2) is 5.78 Å². The van der Waals surface area contributed by atoms with Crippen LogP contribution in [-0.4, -0.2) is 18.4 Å². The summed E-state index contributed by atoms with van der Waals surface area (Å²) in [5, 5.41) is 0. The number of hydrogen-bond donors (Lipinski definition) is 0. The minimum atomic E-state index is -0.464. The lowest BCUT2D eigenvalue weighted by Gasteiger charge is -1.93. The van der Waals surface area contributed by atoms with E-state index in [0.29, 0.717) is 13.0 Å². The van der Waals surface area contributed by atoms with E-state index in [1.165, 1.54) is 6.08 Å². The van der Waals surface area contributed by atoms with E-state index >= 15 is 0 Å². The molecule has 62 valence electrons. The molecule has 0 aromatic rings. The van der Waals surface area contributed by atoms with Crippen molar-refractivity contribution in [3.8, 4) is 0 Å². The summed E-state index contributed by atoms with van der Waals surface area (Å²) in [5.41, 5.74) is 0. The highest BCUT2D eigenvalue weighted by Gasteiger charge is 1.95. The lowest BCUT2D eigenvalue weighted by atomic mass is 10.3. The average Bonchev–Trinajstić information content (AvgIpc) is 2.01. The highest BCUT2D eigenvalue weighted by atomic mass is 16.5. The smallest absolute Gasteiger partial charge is 0.330 e. The molecule has 0 aromatic heterocycles. The quantitative estimate of drug-likeness (QED) is 0.452. The van der Waals surface area contributed by atoms with Gasteiger partial charge in [-0.15, -0.1) is 0 Å². The zero-order valence-electron chi connectivity index (χ0n) is 6.79. The Morgan fingerprint density at radius 1 is 1.27 bits per heavy atom. The molecule has 0 fully saturated rings. The number of carbonyl (C=O) groups excluding carboxylic acids is 2. The first-order valence-corrected chi connectivity index (χ1v) is 3.58. The molecule has 0 aliphatic rings. The van der Waals surface area contributed by atoms with E-state index in [9.17, 15) is 9.59 Å². The third-order valence-corrected chi connectivity index (χ3v) is 1.04. The molecule has 0 saturated carbocycles. The molecule has 0 heterocycles. The molecule has 3 heteroatoms. The molecule has 0 aromatic carbocycles. The molecule has 0 atom stereocenters. The van der Waals surface area contributed by atoms with Crippen LogP contribution in [-0.2, 0) is 14.3 Å². The zero-order valence-corrected chi connectivity index (χ0v) is 6.79. The molecule has 0 saturated heterocycles. The van der Waals surface area contributed by atoms with Crippen molar-refractivity contribution in [3.63, 3.8) is 0 Å². The molecular formula is C8H12O3. The number of hydrogen-bond acceptors (Lipinski definition) is 3. The Morgan fingerprint density at radius 2 is 1.91 bits per heavy atom. The first kappa shape index (κ1) is 9.88. The van der Waals surface area contributed by atoms with Crippen molar-refractivity contribution in [1.29, 1.82) is 0 Å². The van der Waals surface area contributed by atoms with Crippen LogP contribution in [0, 0.1) is 0 Å². The summed E-state index contributed by atoms with van der Waals surface area (Å²) in [6.45, 7) is 3.79. The van der Waals surface area contributed by atoms with Gasteiger partial charge >= 0.3 is 5.97 Å². The van der Waals surface area contributed by atoms with Crippen LogP contribution >= 0.6 is 0 Å². The summed E-state index contributed by atoms with van der Waals surface area (Å²) in [5.74, 6) is -0.535. The van der Waals surface area contributed by atoms with Gasteiger partial charge in [-0.05, 0) is 13.0 Å². The standard InChI is InChI=1S/C8H12O3/c1-3-7(9)5-6-8(10)11-4-2/h5-6H,3-4H2,1-2H3. The Hall–Kier alpha value is -1.12. The van der Waals surface area contributed by atoms with Crippen molar-refractivity contribution in [2.24, 2.45) is 0 Å². The molecule has 0 aliphatic carbocycles. The molecule has 11 heavy (non-hydrogen) atoms. The second-order valence-corrected chi connectivity index (χ2v) is 1.91. The molecular weight excluding hydrogens is 144 g/mol. The van der Waals surface area contributed by atoms with Crippen LogP contribution in [0.1, 0.15) is 20.3 Å². The number of carbonyl (C=O) groups is 2. The Balaban J connectivity index is 3.73. The van der Waals surface area contributed by atoms with Gasteiger partial charge in [-0.1, -0.05) is 6.92 Å². The molecule has 0 N–H and O–H groups in total. The van der Waals surface area contributed by atoms with Crippen molar-refractivity contribution in [2.75, 3.05) is 6.61 Å². The molecule has 3 nitrogen and oxygen atoms in total. The fourth-order valence-electron chi connectivity index (χ4n) is 0.469. The van der Waals surface area contributed by atoms with Crippen LogP contribution in [0.2, 0.25) is 0 Å². The van der Waals surface area contributed by atoms with Gasteiger partial charge in [-0.3, -0.25) is 4.79 Å². The molecule has 0 unspecified atom stereocenters. The van der Waals surface area contributed by atoms with Gasteiger partial charge in [-0.25, -0.2) is 4.79 Å². The van der Waals surface area contributed by atoms with E-state index < -0.39 is 5.97 Å². The predicted molar refractivity (Wildman–Crippen MR) is 41.1 cm³/mol. The predicted octanol–water partition coefficient (Wildman–Crippen LogP) is 1.08. The van der Waals surface area contributed by atoms with E-state index in [-0.39, 0.29) is 5.78 Å². The number of rotatable bonds is 4. The largest absolute Gasteiger partial charge is 0.463 e. The highest BCUT2D eigenvalue weighted by Crippen LogP contribution is 1.85. The molecule has 0 rings (SSSR count). The van der Waals surface area contributed by atoms with Gasteiger partial charge < -0.3 is 4.74 Å². The van der Waals surface area contributed by atoms with Crippen molar-refractivity contribution >= 4 is 11.8 Å². The van der Waals surface area contributed by atoms with Crippen LogP contribution in [0.25, 0.3) is 0 Å². The first-order chi connectivity index (χ1) is 5.20. The normalized spacial score (nSPS) is 10.0. The summed E-state index contributed by atoms with van der Waals surface area (Å²) < 4.78 is 4.56. The number of ether oxygens (including phenoxy) is 1. The van der Waals surface area contributed by atoms with Crippen molar-refractivity contribution in [2.45, 2.75) is 20.3 Å². The Kier molecular flexibility index (Phi) is 5.07. The van der Waals surface area contributed by atoms with Crippen LogP contribution in [0.15, 0.2) is 12.2 Å². The van der Waals surface area contributed by atoms with Crippen molar-refractivity contribution in [3.05, 3.63) is 12.2 Å². The summed E-state index contributed by atoms with van der Waals surface area (Å²) in [4.78, 5) is 21.2. The zero-order chi connectivity index (χ0) is 8.69. The van der Waals surface area contributed by atoms with Gasteiger partial charge in [0.2, 0.25) is 0 Å². The average molecular weight is 156 g/mol. The summed E-state index contributed by atoms with van der Waals surface area (Å²) >= 11 is 0. The fraction of sp³-hybridized carbons (Fsp3) is 0.500. The van der Waals surface area contributed by atoms with Crippen LogP contribution in [0.3, 0.4) is 0 Å². The van der Waals surface area contributed by atoms with Crippen LogP contribution in [0.5, 0.6) is 0 Å². The van der Waals surface area contributed by atoms with Crippen LogP contribution < -0.4 is 0 Å². The highest BCUT2D eigenvalue weighted by molar-refractivity contribution is 5.95. The second-order valence-electron chi connectivity index (χ2n) is 1.91. The second kappa shape index (κ2) is 5.65. The topological polar surface area (TPSA) is 43.4 Å². The van der Waals surface area contributed by atoms with Gasteiger partial charge in [0, 0.05) is 12.5 Å². The van der Waals surface area contributed by atoms with E-state index in [1.807, 2.05) is 0 Å². The first-order valence-electron chi connectivity index (χ1n) is 3.58. The van der Waals surface area contributed by atoms with Gasteiger partial charge in [0.05, 0.1) is 6.61 Å². The third kappa shape index (κ3) is 5.33. The number of esters is 1. The van der Waals surface area contributed by atoms with E-state index in [0.717, 1.165) is 6.08 Å². The molecule has 0 aliphatic heterocycles. The van der Waals surface area contributed by atoms with Crippen LogP contribution in [0.4, 0.5) is 0 Å². The Bertz CT molecular complexity index is 170. The maximum Gasteiger partial charge on any atom is 0.330 e. The van der Waals surface area contributed by atoms with Gasteiger partial charge in [-0.2, -0.15) is 0 Å². The molecule has 0 bridgehead atoms.